The molecular weight excluding hydrogens is 337 g/mol. The molecule has 24 heavy (non-hydrogen) atoms. The maximum absolute atomic E-state index is 14.6. The van der Waals surface area contributed by atoms with Gasteiger partial charge in [-0.3, -0.25) is 4.79 Å². The number of carboxylic acid groups (broad SMARTS) is 1. The molecule has 1 saturated heterocycles. The number of hydrogen-bond donors (Lipinski definition) is 2. The van der Waals surface area contributed by atoms with Crippen molar-refractivity contribution in [1.29, 1.82) is 0 Å². The Morgan fingerprint density at radius 3 is 2.62 bits per heavy atom. The maximum Gasteiger partial charge on any atom is 0.341 e. The van der Waals surface area contributed by atoms with Crippen molar-refractivity contribution in [3.8, 4) is 0 Å². The van der Waals surface area contributed by atoms with Gasteiger partial charge in [0.2, 0.25) is 5.43 Å². The van der Waals surface area contributed by atoms with Crippen LogP contribution in [-0.4, -0.2) is 34.3 Å². The van der Waals surface area contributed by atoms with E-state index in [4.69, 9.17) is 22.4 Å². The molecule has 1 aliphatic rings. The van der Waals surface area contributed by atoms with Crippen molar-refractivity contribution in [3.05, 3.63) is 38.9 Å². The van der Waals surface area contributed by atoms with Crippen molar-refractivity contribution in [1.82, 2.24) is 4.57 Å². The SMILES string of the molecule is CCn1cc(C(=O)O)c(=O)c2cc(F)c(N3CC(C)(N)C3)c(Cl)c21. The van der Waals surface area contributed by atoms with E-state index < -0.39 is 28.3 Å². The van der Waals surface area contributed by atoms with Crippen LogP contribution in [0.3, 0.4) is 0 Å². The van der Waals surface area contributed by atoms with E-state index in [1.807, 2.05) is 6.92 Å². The zero-order valence-electron chi connectivity index (χ0n) is 13.3. The van der Waals surface area contributed by atoms with E-state index in [0.29, 0.717) is 25.2 Å². The van der Waals surface area contributed by atoms with Gasteiger partial charge in [-0.15, -0.1) is 0 Å². The lowest BCUT2D eigenvalue weighted by Crippen LogP contribution is -2.65. The number of anilines is 1. The molecule has 8 heteroatoms. The first-order chi connectivity index (χ1) is 11.2. The van der Waals surface area contributed by atoms with Crippen LogP contribution in [0.15, 0.2) is 17.1 Å². The van der Waals surface area contributed by atoms with E-state index in [2.05, 4.69) is 0 Å². The van der Waals surface area contributed by atoms with Gasteiger partial charge in [-0.1, -0.05) is 11.6 Å². The Morgan fingerprint density at radius 2 is 2.12 bits per heavy atom. The Hall–Kier alpha value is -2.12. The van der Waals surface area contributed by atoms with E-state index in [0.717, 1.165) is 6.07 Å². The van der Waals surface area contributed by atoms with Crippen molar-refractivity contribution in [2.24, 2.45) is 5.73 Å². The molecule has 0 amide bonds. The number of aromatic nitrogens is 1. The van der Waals surface area contributed by atoms with Gasteiger partial charge in [0.05, 0.1) is 21.6 Å². The predicted molar refractivity (Wildman–Crippen MR) is 90.6 cm³/mol. The molecule has 128 valence electrons. The lowest BCUT2D eigenvalue weighted by Gasteiger charge is -2.47. The number of benzene rings is 1. The van der Waals surface area contributed by atoms with E-state index in [1.54, 1.807) is 16.4 Å². The van der Waals surface area contributed by atoms with Crippen LogP contribution in [0, 0.1) is 5.82 Å². The highest BCUT2D eigenvalue weighted by Gasteiger charge is 2.38. The van der Waals surface area contributed by atoms with Crippen LogP contribution in [0.1, 0.15) is 24.2 Å². The summed E-state index contributed by atoms with van der Waals surface area (Å²) in [5.74, 6) is -2.02. The first-order valence-corrected chi connectivity index (χ1v) is 7.86. The molecule has 0 bridgehead atoms. The molecule has 1 aromatic heterocycles. The van der Waals surface area contributed by atoms with Crippen LogP contribution in [0.5, 0.6) is 0 Å². The fourth-order valence-corrected chi connectivity index (χ4v) is 3.57. The highest BCUT2D eigenvalue weighted by atomic mass is 35.5. The van der Waals surface area contributed by atoms with Crippen LogP contribution in [-0.2, 0) is 6.54 Å². The molecule has 0 radical (unpaired) electrons. The summed E-state index contributed by atoms with van der Waals surface area (Å²) in [6.07, 6.45) is 1.24. The standard InChI is InChI=1S/C16H17ClFN3O3/c1-3-20-5-9(15(23)24)14(22)8-4-10(18)13(11(17)12(8)20)21-6-16(2,19)7-21/h4-5H,3,6-7,19H2,1-2H3,(H,23,24). The van der Waals surface area contributed by atoms with Crippen LogP contribution in [0.4, 0.5) is 10.1 Å². The average molecular weight is 354 g/mol. The lowest BCUT2D eigenvalue weighted by molar-refractivity contribution is 0.0695. The van der Waals surface area contributed by atoms with Crippen LogP contribution < -0.4 is 16.1 Å². The zero-order chi connectivity index (χ0) is 17.8. The largest absolute Gasteiger partial charge is 0.477 e. The predicted octanol–water partition coefficient (Wildman–Crippen LogP) is 2.05. The summed E-state index contributed by atoms with van der Waals surface area (Å²) < 4.78 is 16.1. The van der Waals surface area contributed by atoms with E-state index in [-0.39, 0.29) is 16.1 Å². The minimum Gasteiger partial charge on any atom is -0.477 e. The Morgan fingerprint density at radius 1 is 1.50 bits per heavy atom. The van der Waals surface area contributed by atoms with Gasteiger partial charge in [0, 0.05) is 31.4 Å². The molecule has 2 heterocycles. The van der Waals surface area contributed by atoms with Crippen LogP contribution in [0.25, 0.3) is 10.9 Å². The second kappa shape index (κ2) is 5.46. The molecule has 1 aromatic carbocycles. The number of hydrogen-bond acceptors (Lipinski definition) is 4. The van der Waals surface area contributed by atoms with Gasteiger partial charge in [-0.05, 0) is 19.9 Å². The average Bonchev–Trinajstić information content (AvgIpc) is 2.46. The molecule has 1 aliphatic heterocycles. The number of nitrogens with two attached hydrogens (primary N) is 1. The summed E-state index contributed by atoms with van der Waals surface area (Å²) in [4.78, 5) is 25.3. The first kappa shape index (κ1) is 16.7. The Balaban J connectivity index is 2.31. The summed E-state index contributed by atoms with van der Waals surface area (Å²) in [7, 11) is 0. The van der Waals surface area contributed by atoms with Gasteiger partial charge in [-0.25, -0.2) is 9.18 Å². The fourth-order valence-electron chi connectivity index (χ4n) is 3.15. The van der Waals surface area contributed by atoms with E-state index in [9.17, 15) is 14.0 Å². The summed E-state index contributed by atoms with van der Waals surface area (Å²) in [5, 5.41) is 9.22. The minimum absolute atomic E-state index is 0.0426. The highest BCUT2D eigenvalue weighted by Crippen LogP contribution is 2.38. The topological polar surface area (TPSA) is 88.6 Å². The summed E-state index contributed by atoms with van der Waals surface area (Å²) in [5.41, 5.74) is 4.92. The van der Waals surface area contributed by atoms with Crippen molar-refractivity contribution in [2.75, 3.05) is 18.0 Å². The Labute approximate surface area is 142 Å². The number of aryl methyl sites for hydroxylation is 1. The molecule has 2 aromatic rings. The molecule has 3 rings (SSSR count). The van der Waals surface area contributed by atoms with Gasteiger partial charge < -0.3 is 20.3 Å². The molecular formula is C16H17ClFN3O3. The normalized spacial score (nSPS) is 16.3. The Kier molecular flexibility index (Phi) is 3.80. The first-order valence-electron chi connectivity index (χ1n) is 7.48. The highest BCUT2D eigenvalue weighted by molar-refractivity contribution is 6.38. The second-order valence-electron chi connectivity index (χ2n) is 6.39. The molecule has 0 atom stereocenters. The molecule has 3 N–H and O–H groups in total. The molecule has 0 spiro atoms. The second-order valence-corrected chi connectivity index (χ2v) is 6.77. The number of nitrogens with zero attached hydrogens (tertiary/aromatic N) is 2. The number of pyridine rings is 1. The van der Waals surface area contributed by atoms with Crippen molar-refractivity contribution < 1.29 is 14.3 Å². The number of rotatable bonds is 3. The Bertz CT molecular complexity index is 915. The van der Waals surface area contributed by atoms with Crippen molar-refractivity contribution in [3.63, 3.8) is 0 Å². The monoisotopic (exact) mass is 353 g/mol. The van der Waals surface area contributed by atoms with Gasteiger partial charge in [0.15, 0.2) is 0 Å². The third kappa shape index (κ3) is 2.44. The number of halogens is 2. The summed E-state index contributed by atoms with van der Waals surface area (Å²) in [6.45, 7) is 4.92. The minimum atomic E-state index is -1.36. The van der Waals surface area contributed by atoms with E-state index in [1.165, 1.54) is 6.20 Å². The fraction of sp³-hybridized carbons (Fsp3) is 0.375. The van der Waals surface area contributed by atoms with Crippen molar-refractivity contribution in [2.45, 2.75) is 25.9 Å². The van der Waals surface area contributed by atoms with Gasteiger partial charge in [0.1, 0.15) is 11.4 Å². The molecule has 1 fully saturated rings. The van der Waals surface area contributed by atoms with E-state index >= 15 is 0 Å². The molecule has 0 aliphatic carbocycles. The zero-order valence-corrected chi connectivity index (χ0v) is 14.0. The molecule has 6 nitrogen and oxygen atoms in total. The summed E-state index contributed by atoms with van der Waals surface area (Å²) >= 11 is 6.41. The summed E-state index contributed by atoms with van der Waals surface area (Å²) in [6, 6.07) is 1.06. The number of carbonyl (C=O) groups is 1. The maximum atomic E-state index is 14.6. The van der Waals surface area contributed by atoms with Crippen molar-refractivity contribution >= 4 is 34.2 Å². The third-order valence-electron chi connectivity index (χ3n) is 4.22. The number of carboxylic acids is 1. The smallest absolute Gasteiger partial charge is 0.341 e. The third-order valence-corrected chi connectivity index (χ3v) is 4.58. The van der Waals surface area contributed by atoms with Crippen LogP contribution >= 0.6 is 11.6 Å². The lowest BCUT2D eigenvalue weighted by atomic mass is 9.92. The van der Waals surface area contributed by atoms with Crippen LogP contribution in [0.2, 0.25) is 5.02 Å². The van der Waals surface area contributed by atoms with Gasteiger partial charge >= 0.3 is 5.97 Å². The quantitative estimate of drug-likeness (QED) is 0.881. The van der Waals surface area contributed by atoms with Gasteiger partial charge in [-0.2, -0.15) is 0 Å². The van der Waals surface area contributed by atoms with Gasteiger partial charge in [0.25, 0.3) is 0 Å². The number of aromatic carboxylic acids is 1. The molecule has 0 saturated carbocycles. The number of fused-ring (bicyclic) bond motifs is 1. The molecule has 0 unspecified atom stereocenters.